The number of ether oxygens (including phenoxy) is 1. The lowest BCUT2D eigenvalue weighted by atomic mass is 10.0. The predicted octanol–water partition coefficient (Wildman–Crippen LogP) is 4.06. The fraction of sp³-hybridized carbons (Fsp3) is 0.312. The van der Waals surface area contributed by atoms with Gasteiger partial charge in [0.2, 0.25) is 15.9 Å². The third-order valence-corrected chi connectivity index (χ3v) is 10.8. The van der Waals surface area contributed by atoms with E-state index >= 15 is 0 Å². The fourth-order valence-corrected chi connectivity index (χ4v) is 8.04. The van der Waals surface area contributed by atoms with Crippen LogP contribution in [-0.2, 0) is 27.8 Å². The van der Waals surface area contributed by atoms with Crippen molar-refractivity contribution >= 4 is 39.3 Å². The lowest BCUT2D eigenvalue weighted by Gasteiger charge is -2.29. The highest BCUT2D eigenvalue weighted by Gasteiger charge is 2.28. The Bertz CT molecular complexity index is 1800. The molecule has 0 aliphatic carbocycles. The Hall–Kier alpha value is -4.20. The van der Waals surface area contributed by atoms with Gasteiger partial charge in [0.25, 0.3) is 5.91 Å². The van der Waals surface area contributed by atoms with E-state index in [-0.39, 0.29) is 29.0 Å². The molecule has 0 spiro atoms. The first-order valence-electron chi connectivity index (χ1n) is 14.8. The van der Waals surface area contributed by atoms with Crippen molar-refractivity contribution in [3.63, 3.8) is 0 Å². The van der Waals surface area contributed by atoms with E-state index in [4.69, 9.17) is 4.74 Å². The number of rotatable bonds is 10. The summed E-state index contributed by atoms with van der Waals surface area (Å²) in [5.41, 5.74) is 3.11. The van der Waals surface area contributed by atoms with Gasteiger partial charge in [0.15, 0.2) is 11.0 Å². The number of carbonyl (C=O) groups excluding carboxylic acids is 2. The lowest BCUT2D eigenvalue weighted by Crippen LogP contribution is -2.36. The highest BCUT2D eigenvalue weighted by Crippen LogP contribution is 2.31. The third kappa shape index (κ3) is 6.46. The number of amides is 2. The van der Waals surface area contributed by atoms with Crippen LogP contribution in [0.15, 0.2) is 82.8 Å². The normalized spacial score (nSPS) is 15.1. The number of methoxy groups -OCH3 is 1. The zero-order valence-electron chi connectivity index (χ0n) is 24.9. The van der Waals surface area contributed by atoms with Gasteiger partial charge in [-0.1, -0.05) is 42.1 Å². The summed E-state index contributed by atoms with van der Waals surface area (Å²) in [5.74, 6) is 0.771. The summed E-state index contributed by atoms with van der Waals surface area (Å²) < 4.78 is 34.6. The Morgan fingerprint density at radius 3 is 2.36 bits per heavy atom. The molecule has 2 aliphatic heterocycles. The highest BCUT2D eigenvalue weighted by atomic mass is 32.2. The third-order valence-electron chi connectivity index (χ3n) is 7.99. The molecule has 2 amide bonds. The minimum atomic E-state index is -3.57. The molecular weight excluding hydrogens is 613 g/mol. The highest BCUT2D eigenvalue weighted by molar-refractivity contribution is 7.99. The molecule has 3 aromatic carbocycles. The number of aromatic nitrogens is 3. The second-order valence-electron chi connectivity index (χ2n) is 10.8. The summed E-state index contributed by atoms with van der Waals surface area (Å²) in [6.07, 6.45) is 3.56. The van der Waals surface area contributed by atoms with Crippen LogP contribution >= 0.6 is 11.8 Å². The first-order chi connectivity index (χ1) is 21.9. The molecule has 234 valence electrons. The molecule has 2 aliphatic rings. The minimum Gasteiger partial charge on any atom is -0.495 e. The molecule has 45 heavy (non-hydrogen) atoms. The number of para-hydroxylation sites is 3. The van der Waals surface area contributed by atoms with E-state index < -0.39 is 10.0 Å². The summed E-state index contributed by atoms with van der Waals surface area (Å²) >= 11 is 1.27. The molecule has 6 rings (SSSR count). The van der Waals surface area contributed by atoms with Crippen molar-refractivity contribution < 1.29 is 22.7 Å². The van der Waals surface area contributed by atoms with Gasteiger partial charge < -0.3 is 15.0 Å². The van der Waals surface area contributed by atoms with Crippen LogP contribution in [0.2, 0.25) is 0 Å². The molecular formula is C32H34N6O5S2. The molecule has 0 bridgehead atoms. The standard InChI is InChI=1S/C32H34N6O5S2/c1-43-28-13-5-4-12-27(28)38-29(21-33-31(40)24-14-16-25(17-15-24)45(41,42)36-18-6-7-19-36)34-35-32(38)44-22-30(39)37-20-8-10-23-9-2-3-11-26(23)37/h2-5,9,11-17H,6-8,10,18-22H2,1H3,(H,33,40). The number of nitrogens with one attached hydrogen (secondary N) is 1. The van der Waals surface area contributed by atoms with E-state index in [9.17, 15) is 18.0 Å². The van der Waals surface area contributed by atoms with Crippen molar-refractivity contribution in [2.45, 2.75) is 42.3 Å². The summed E-state index contributed by atoms with van der Waals surface area (Å²) in [6.45, 7) is 1.72. The van der Waals surface area contributed by atoms with Crippen LogP contribution in [0.5, 0.6) is 5.75 Å². The number of aryl methyl sites for hydroxylation is 1. The first-order valence-corrected chi connectivity index (χ1v) is 17.3. The van der Waals surface area contributed by atoms with E-state index in [1.54, 1.807) is 11.7 Å². The van der Waals surface area contributed by atoms with Gasteiger partial charge in [0.1, 0.15) is 5.75 Å². The molecule has 1 saturated heterocycles. The van der Waals surface area contributed by atoms with Gasteiger partial charge in [-0.2, -0.15) is 4.31 Å². The number of sulfonamides is 1. The molecule has 1 aromatic heterocycles. The number of benzene rings is 3. The number of carbonyl (C=O) groups is 2. The molecule has 11 nitrogen and oxygen atoms in total. The molecule has 1 N–H and O–H groups in total. The second kappa shape index (κ2) is 13.4. The molecule has 3 heterocycles. The van der Waals surface area contributed by atoms with Gasteiger partial charge >= 0.3 is 0 Å². The summed E-state index contributed by atoms with van der Waals surface area (Å²) in [4.78, 5) is 28.5. The number of hydrogen-bond acceptors (Lipinski definition) is 8. The average Bonchev–Trinajstić information content (AvgIpc) is 3.77. The van der Waals surface area contributed by atoms with Crippen LogP contribution in [0.25, 0.3) is 5.69 Å². The van der Waals surface area contributed by atoms with Gasteiger partial charge in [-0.05, 0) is 73.7 Å². The topological polar surface area (TPSA) is 127 Å². The molecule has 0 saturated carbocycles. The van der Waals surface area contributed by atoms with Gasteiger partial charge in [0.05, 0.1) is 30.0 Å². The van der Waals surface area contributed by atoms with Gasteiger partial charge in [-0.25, -0.2) is 8.42 Å². The fourth-order valence-electron chi connectivity index (χ4n) is 5.68. The quantitative estimate of drug-likeness (QED) is 0.256. The maximum atomic E-state index is 13.4. The van der Waals surface area contributed by atoms with Gasteiger partial charge in [-0.3, -0.25) is 14.2 Å². The average molecular weight is 647 g/mol. The van der Waals surface area contributed by atoms with Crippen molar-refractivity contribution in [3.05, 3.63) is 89.7 Å². The SMILES string of the molecule is COc1ccccc1-n1c(CNC(=O)c2ccc(S(=O)(=O)N3CCCC3)cc2)nnc1SCC(=O)N1CCCc2ccccc21. The van der Waals surface area contributed by atoms with Gasteiger partial charge in [0, 0.05) is 30.9 Å². The maximum Gasteiger partial charge on any atom is 0.251 e. The van der Waals surface area contributed by atoms with E-state index in [2.05, 4.69) is 21.6 Å². The summed E-state index contributed by atoms with van der Waals surface area (Å²) in [6, 6.07) is 21.3. The monoisotopic (exact) mass is 646 g/mol. The Labute approximate surface area is 266 Å². The van der Waals surface area contributed by atoms with E-state index in [1.807, 2.05) is 47.4 Å². The molecule has 0 unspecified atom stereocenters. The minimum absolute atomic E-state index is 0.0215. The predicted molar refractivity (Wildman–Crippen MR) is 171 cm³/mol. The molecule has 0 atom stereocenters. The summed E-state index contributed by atoms with van der Waals surface area (Å²) in [5, 5.41) is 12.1. The number of hydrogen-bond donors (Lipinski definition) is 1. The smallest absolute Gasteiger partial charge is 0.251 e. The van der Waals surface area contributed by atoms with E-state index in [0.717, 1.165) is 31.4 Å². The van der Waals surface area contributed by atoms with Crippen LogP contribution < -0.4 is 15.0 Å². The van der Waals surface area contributed by atoms with E-state index in [1.165, 1.54) is 45.9 Å². The van der Waals surface area contributed by atoms with Gasteiger partial charge in [-0.15, -0.1) is 10.2 Å². The van der Waals surface area contributed by atoms with Crippen molar-refractivity contribution in [2.24, 2.45) is 0 Å². The van der Waals surface area contributed by atoms with Crippen LogP contribution in [0, 0.1) is 0 Å². The van der Waals surface area contributed by atoms with Crippen LogP contribution in [0.4, 0.5) is 5.69 Å². The molecule has 1 fully saturated rings. The number of fused-ring (bicyclic) bond motifs is 1. The number of nitrogens with zero attached hydrogens (tertiary/aromatic N) is 5. The Morgan fingerprint density at radius 2 is 1.60 bits per heavy atom. The molecule has 0 radical (unpaired) electrons. The van der Waals surface area contributed by atoms with Crippen LogP contribution in [0.1, 0.15) is 41.0 Å². The Balaban J connectivity index is 1.19. The maximum absolute atomic E-state index is 13.4. The van der Waals surface area contributed by atoms with Crippen LogP contribution in [-0.4, -0.2) is 71.8 Å². The largest absolute Gasteiger partial charge is 0.495 e. The lowest BCUT2D eigenvalue weighted by molar-refractivity contribution is -0.116. The zero-order chi connectivity index (χ0) is 31.4. The van der Waals surface area contributed by atoms with Crippen molar-refractivity contribution in [1.82, 2.24) is 24.4 Å². The summed E-state index contributed by atoms with van der Waals surface area (Å²) in [7, 11) is -2.00. The van der Waals surface area contributed by atoms with Crippen molar-refractivity contribution in [1.29, 1.82) is 0 Å². The van der Waals surface area contributed by atoms with Crippen molar-refractivity contribution in [2.75, 3.05) is 37.4 Å². The number of anilines is 1. The Kier molecular flexibility index (Phi) is 9.19. The molecule has 13 heteroatoms. The number of thioether (sulfide) groups is 1. The van der Waals surface area contributed by atoms with Crippen LogP contribution in [0.3, 0.4) is 0 Å². The zero-order valence-corrected chi connectivity index (χ0v) is 26.5. The Morgan fingerprint density at radius 1 is 0.889 bits per heavy atom. The first kappa shape index (κ1) is 30.8. The molecule has 4 aromatic rings. The van der Waals surface area contributed by atoms with Crippen molar-refractivity contribution in [3.8, 4) is 11.4 Å². The van der Waals surface area contributed by atoms with E-state index in [0.29, 0.717) is 47.6 Å². The second-order valence-corrected chi connectivity index (χ2v) is 13.7.